The largest absolute Gasteiger partial charge is 0.493 e. The summed E-state index contributed by atoms with van der Waals surface area (Å²) in [6.45, 7) is 1.61. The molecule has 3 rings (SSSR count). The third-order valence-corrected chi connectivity index (χ3v) is 5.33. The lowest BCUT2D eigenvalue weighted by Gasteiger charge is -2.24. The molecule has 4 amide bonds. The lowest BCUT2D eigenvalue weighted by Crippen LogP contribution is -2.44. The molecule has 1 unspecified atom stereocenters. The number of rotatable bonds is 8. The maximum atomic E-state index is 12.3. The Hall–Kier alpha value is -3.41. The number of hydrogen-bond acceptors (Lipinski definition) is 9. The van der Waals surface area contributed by atoms with Gasteiger partial charge in [0.05, 0.1) is 25.9 Å². The number of nitrogens with zero attached hydrogens (tertiary/aromatic N) is 4. The van der Waals surface area contributed by atoms with Gasteiger partial charge in [-0.2, -0.15) is 0 Å². The van der Waals surface area contributed by atoms with Crippen LogP contribution in [0.2, 0.25) is 0 Å². The molecular formula is C19H21N5O6S. The van der Waals surface area contributed by atoms with Crippen molar-refractivity contribution in [2.75, 3.05) is 32.3 Å². The Morgan fingerprint density at radius 2 is 1.97 bits per heavy atom. The van der Waals surface area contributed by atoms with Gasteiger partial charge in [-0.3, -0.25) is 14.5 Å². The highest BCUT2D eigenvalue weighted by atomic mass is 32.2. The van der Waals surface area contributed by atoms with E-state index in [0.717, 1.165) is 16.7 Å². The molecule has 164 valence electrons. The first-order chi connectivity index (χ1) is 14.8. The van der Waals surface area contributed by atoms with Gasteiger partial charge in [0, 0.05) is 30.9 Å². The zero-order valence-electron chi connectivity index (χ0n) is 17.4. The summed E-state index contributed by atoms with van der Waals surface area (Å²) in [5.41, 5.74) is 0.952. The molecule has 1 N–H and O–H groups in total. The molecule has 1 aliphatic heterocycles. The number of carbonyl (C=O) groups is 3. The Balaban J connectivity index is 1.56. The van der Waals surface area contributed by atoms with E-state index in [1.165, 1.54) is 21.3 Å². The summed E-state index contributed by atoms with van der Waals surface area (Å²) < 4.78 is 15.9. The highest BCUT2D eigenvalue weighted by Crippen LogP contribution is 2.30. The number of ether oxygens (including phenoxy) is 2. The van der Waals surface area contributed by atoms with Crippen molar-refractivity contribution < 1.29 is 28.3 Å². The minimum Gasteiger partial charge on any atom is -0.493 e. The van der Waals surface area contributed by atoms with Crippen LogP contribution in [0.4, 0.5) is 10.5 Å². The Kier molecular flexibility index (Phi) is 6.90. The molecule has 0 bridgehead atoms. The number of methoxy groups -OCH3 is 2. The van der Waals surface area contributed by atoms with Crippen molar-refractivity contribution in [1.29, 1.82) is 0 Å². The number of thioether (sulfide) groups is 1. The van der Waals surface area contributed by atoms with E-state index >= 15 is 0 Å². The maximum Gasteiger partial charge on any atom is 0.349 e. The number of hydrogen-bond donors (Lipinski definition) is 1. The minimum absolute atomic E-state index is 0.0378. The van der Waals surface area contributed by atoms with Gasteiger partial charge in [-0.25, -0.2) is 9.79 Å². The first-order valence-electron chi connectivity index (χ1n) is 9.16. The number of imide groups is 1. The van der Waals surface area contributed by atoms with Crippen molar-refractivity contribution in [3.63, 3.8) is 0 Å². The smallest absolute Gasteiger partial charge is 0.349 e. The average molecular weight is 447 g/mol. The molecule has 1 aliphatic rings. The van der Waals surface area contributed by atoms with E-state index in [4.69, 9.17) is 13.9 Å². The van der Waals surface area contributed by atoms with E-state index in [2.05, 4.69) is 20.5 Å². The fourth-order valence-electron chi connectivity index (χ4n) is 2.84. The lowest BCUT2D eigenvalue weighted by molar-refractivity contribution is -0.129. The van der Waals surface area contributed by atoms with Crippen LogP contribution in [0.3, 0.4) is 0 Å². The van der Waals surface area contributed by atoms with Crippen LogP contribution >= 0.6 is 11.8 Å². The molecule has 0 spiro atoms. The van der Waals surface area contributed by atoms with E-state index in [9.17, 15) is 14.4 Å². The van der Waals surface area contributed by atoms with Gasteiger partial charge in [-0.05, 0) is 19.1 Å². The zero-order chi connectivity index (χ0) is 22.5. The molecule has 0 radical (unpaired) electrons. The number of nitrogens with one attached hydrogen (secondary N) is 1. The van der Waals surface area contributed by atoms with Crippen LogP contribution in [0, 0.1) is 5.92 Å². The van der Waals surface area contributed by atoms with Gasteiger partial charge in [0.1, 0.15) is 0 Å². The van der Waals surface area contributed by atoms with Crippen LogP contribution in [-0.2, 0) is 16.0 Å². The predicted octanol–water partition coefficient (Wildman–Crippen LogP) is 2.03. The Labute approximate surface area is 182 Å². The topological polar surface area (TPSA) is 136 Å². The highest BCUT2D eigenvalue weighted by Gasteiger charge is 2.34. The summed E-state index contributed by atoms with van der Waals surface area (Å²) >= 11 is 1.06. The molecule has 1 atom stereocenters. The number of aromatic nitrogens is 2. The van der Waals surface area contributed by atoms with Crippen LogP contribution < -0.4 is 14.8 Å². The fraction of sp³-hybridized carbons (Fsp3) is 0.368. The van der Waals surface area contributed by atoms with Crippen LogP contribution in [0.1, 0.15) is 12.8 Å². The van der Waals surface area contributed by atoms with Crippen LogP contribution in [-0.4, -0.2) is 65.7 Å². The zero-order valence-corrected chi connectivity index (χ0v) is 18.2. The summed E-state index contributed by atoms with van der Waals surface area (Å²) in [6, 6.07) is 4.44. The molecule has 12 heteroatoms. The van der Waals surface area contributed by atoms with Crippen LogP contribution in [0.5, 0.6) is 11.5 Å². The normalized spacial score (nSPS) is 16.2. The van der Waals surface area contributed by atoms with Gasteiger partial charge in [-0.15, -0.1) is 10.2 Å². The summed E-state index contributed by atoms with van der Waals surface area (Å²) in [4.78, 5) is 40.9. The van der Waals surface area contributed by atoms with Crippen molar-refractivity contribution >= 4 is 41.0 Å². The summed E-state index contributed by atoms with van der Waals surface area (Å²) in [6.07, 6.45) is 0.122. The second kappa shape index (κ2) is 9.60. The SMILES string of the molecule is COc1ccc(NC(=O)CSc2nnc(CC3C(=O)N(C)C(=O)N=C3C)o2)cc1OC. The van der Waals surface area contributed by atoms with Crippen molar-refractivity contribution in [1.82, 2.24) is 15.1 Å². The monoisotopic (exact) mass is 447 g/mol. The van der Waals surface area contributed by atoms with Crippen LogP contribution in [0.15, 0.2) is 32.8 Å². The molecule has 2 aromatic rings. The summed E-state index contributed by atoms with van der Waals surface area (Å²) in [5, 5.41) is 10.8. The Morgan fingerprint density at radius 3 is 2.68 bits per heavy atom. The summed E-state index contributed by atoms with van der Waals surface area (Å²) in [7, 11) is 4.41. The number of benzene rings is 1. The van der Waals surface area contributed by atoms with Gasteiger partial charge < -0.3 is 19.2 Å². The number of anilines is 1. The molecule has 0 saturated heterocycles. The van der Waals surface area contributed by atoms with Crippen molar-refractivity contribution in [2.45, 2.75) is 18.6 Å². The molecule has 1 aromatic carbocycles. The molecule has 1 aromatic heterocycles. The third-order valence-electron chi connectivity index (χ3n) is 4.51. The molecule has 0 fully saturated rings. The molecule has 11 nitrogen and oxygen atoms in total. The third kappa shape index (κ3) is 5.20. The lowest BCUT2D eigenvalue weighted by atomic mass is 9.97. The molecule has 31 heavy (non-hydrogen) atoms. The van der Waals surface area contributed by atoms with Gasteiger partial charge in [0.15, 0.2) is 11.5 Å². The Bertz CT molecular complexity index is 1040. The standard InChI is InChI=1S/C19H21N5O6S/c1-10-12(17(26)24(2)18(27)20-10)8-16-22-23-19(30-16)31-9-15(25)21-11-5-6-13(28-3)14(7-11)29-4/h5-7,12H,8-9H2,1-4H3,(H,21,25). The van der Waals surface area contributed by atoms with Crippen molar-refractivity contribution in [3.05, 3.63) is 24.1 Å². The van der Waals surface area contributed by atoms with Gasteiger partial charge in [0.2, 0.25) is 17.7 Å². The number of urea groups is 1. The molecular weight excluding hydrogens is 426 g/mol. The highest BCUT2D eigenvalue weighted by molar-refractivity contribution is 7.99. The fourth-order valence-corrected chi connectivity index (χ4v) is 3.42. The van der Waals surface area contributed by atoms with E-state index in [1.54, 1.807) is 25.1 Å². The van der Waals surface area contributed by atoms with Gasteiger partial charge in [-0.1, -0.05) is 11.8 Å². The average Bonchev–Trinajstić information content (AvgIpc) is 3.21. The van der Waals surface area contributed by atoms with E-state index in [0.29, 0.717) is 22.9 Å². The quantitative estimate of drug-likeness (QED) is 0.603. The molecule has 0 saturated carbocycles. The summed E-state index contributed by atoms with van der Waals surface area (Å²) in [5.74, 6) is 0.0174. The van der Waals surface area contributed by atoms with Crippen molar-refractivity contribution in [3.8, 4) is 11.5 Å². The number of amides is 4. The van der Waals surface area contributed by atoms with Gasteiger partial charge >= 0.3 is 6.03 Å². The van der Waals surface area contributed by atoms with Gasteiger partial charge in [0.25, 0.3) is 5.22 Å². The maximum absolute atomic E-state index is 12.3. The van der Waals surface area contributed by atoms with Crippen LogP contribution in [0.25, 0.3) is 0 Å². The second-order valence-electron chi connectivity index (χ2n) is 6.56. The van der Waals surface area contributed by atoms with E-state index in [1.807, 2.05) is 0 Å². The number of aliphatic imine (C=N–C) groups is 1. The Morgan fingerprint density at radius 1 is 1.23 bits per heavy atom. The van der Waals surface area contributed by atoms with E-state index < -0.39 is 11.9 Å². The van der Waals surface area contributed by atoms with Crippen molar-refractivity contribution in [2.24, 2.45) is 10.9 Å². The predicted molar refractivity (Wildman–Crippen MR) is 112 cm³/mol. The second-order valence-corrected chi connectivity index (χ2v) is 7.48. The first kappa shape index (κ1) is 22.3. The molecule has 0 aliphatic carbocycles. The van der Waals surface area contributed by atoms with E-state index in [-0.39, 0.29) is 35.1 Å². The number of carbonyl (C=O) groups excluding carboxylic acids is 3. The molecule has 2 heterocycles. The minimum atomic E-state index is -0.644. The first-order valence-corrected chi connectivity index (χ1v) is 10.1.